The van der Waals surface area contributed by atoms with Crippen molar-refractivity contribution in [3.05, 3.63) is 24.3 Å². The molecule has 0 aromatic heterocycles. The number of nitrogens with zero attached hydrogens (tertiary/aromatic N) is 1. The summed E-state index contributed by atoms with van der Waals surface area (Å²) in [7, 11) is -1.87. The van der Waals surface area contributed by atoms with Gasteiger partial charge in [0.05, 0.1) is 11.5 Å². The molecule has 7 heteroatoms. The fourth-order valence-electron chi connectivity index (χ4n) is 2.70. The topological polar surface area (TPSA) is 81.9 Å². The largest absolute Gasteiger partial charge is 0.491 e. The van der Waals surface area contributed by atoms with Crippen molar-refractivity contribution >= 4 is 10.0 Å². The fourth-order valence-corrected chi connectivity index (χ4v) is 4.42. The number of benzene rings is 1. The van der Waals surface area contributed by atoms with Crippen LogP contribution in [-0.4, -0.2) is 52.2 Å². The quantitative estimate of drug-likeness (QED) is 0.757. The van der Waals surface area contributed by atoms with Crippen molar-refractivity contribution in [1.29, 1.82) is 0 Å². The molecule has 0 radical (unpaired) electrons. The zero-order chi connectivity index (χ0) is 16.2. The molecule has 2 unspecified atom stereocenters. The van der Waals surface area contributed by atoms with Crippen molar-refractivity contribution in [2.45, 2.75) is 24.3 Å². The molecule has 1 saturated heterocycles. The van der Waals surface area contributed by atoms with Crippen LogP contribution in [0.1, 0.15) is 13.3 Å². The van der Waals surface area contributed by atoms with Crippen LogP contribution in [0, 0.1) is 5.92 Å². The van der Waals surface area contributed by atoms with Crippen molar-refractivity contribution in [3.8, 4) is 5.75 Å². The van der Waals surface area contributed by atoms with E-state index in [-0.39, 0.29) is 16.9 Å². The summed E-state index contributed by atoms with van der Waals surface area (Å²) < 4.78 is 37.3. The van der Waals surface area contributed by atoms with Gasteiger partial charge >= 0.3 is 0 Å². The Hall–Kier alpha value is -1.15. The Balaban J connectivity index is 2.09. The second-order valence-corrected chi connectivity index (χ2v) is 7.46. The van der Waals surface area contributed by atoms with Gasteiger partial charge in [0.2, 0.25) is 10.0 Å². The van der Waals surface area contributed by atoms with E-state index in [4.69, 9.17) is 15.2 Å². The van der Waals surface area contributed by atoms with Gasteiger partial charge in [-0.2, -0.15) is 4.31 Å². The molecule has 0 saturated carbocycles. The van der Waals surface area contributed by atoms with Gasteiger partial charge in [-0.15, -0.1) is 0 Å². The maximum atomic E-state index is 12.7. The number of nitrogens with two attached hydrogens (primary N) is 1. The molecule has 6 nitrogen and oxygen atoms in total. The van der Waals surface area contributed by atoms with Gasteiger partial charge in [0.15, 0.2) is 0 Å². The molecule has 1 fully saturated rings. The molecule has 0 aliphatic carbocycles. The molecule has 2 atom stereocenters. The molecular weight excluding hydrogens is 304 g/mol. The summed E-state index contributed by atoms with van der Waals surface area (Å²) >= 11 is 0. The van der Waals surface area contributed by atoms with Gasteiger partial charge in [-0.3, -0.25) is 0 Å². The minimum Gasteiger partial charge on any atom is -0.491 e. The van der Waals surface area contributed by atoms with E-state index in [1.165, 1.54) is 0 Å². The van der Waals surface area contributed by atoms with Crippen LogP contribution >= 0.6 is 0 Å². The lowest BCUT2D eigenvalue weighted by atomic mass is 10.1. The Labute approximate surface area is 132 Å². The fraction of sp³-hybridized carbons (Fsp3) is 0.600. The van der Waals surface area contributed by atoms with Gasteiger partial charge in [-0.05, 0) is 50.1 Å². The van der Waals surface area contributed by atoms with Crippen molar-refractivity contribution in [3.63, 3.8) is 0 Å². The first-order chi connectivity index (χ1) is 10.5. The first kappa shape index (κ1) is 17.2. The minimum atomic E-state index is -3.48. The van der Waals surface area contributed by atoms with E-state index in [0.29, 0.717) is 32.1 Å². The van der Waals surface area contributed by atoms with Crippen molar-refractivity contribution < 1.29 is 17.9 Å². The van der Waals surface area contributed by atoms with Gasteiger partial charge in [0.25, 0.3) is 0 Å². The summed E-state index contributed by atoms with van der Waals surface area (Å²) in [4.78, 5) is 0.288. The van der Waals surface area contributed by atoms with Gasteiger partial charge in [0.1, 0.15) is 12.4 Å². The number of ether oxygens (including phenoxy) is 2. The molecule has 0 bridgehead atoms. The Morgan fingerprint density at radius 3 is 2.50 bits per heavy atom. The van der Waals surface area contributed by atoms with Gasteiger partial charge in [-0.1, -0.05) is 0 Å². The smallest absolute Gasteiger partial charge is 0.243 e. The van der Waals surface area contributed by atoms with E-state index in [1.807, 2.05) is 6.92 Å². The number of sulfonamides is 1. The zero-order valence-electron chi connectivity index (χ0n) is 13.1. The van der Waals surface area contributed by atoms with Crippen LogP contribution in [0.5, 0.6) is 5.75 Å². The predicted molar refractivity (Wildman–Crippen MR) is 84.3 cm³/mol. The van der Waals surface area contributed by atoms with Crippen molar-refractivity contribution in [1.82, 2.24) is 4.31 Å². The summed E-state index contributed by atoms with van der Waals surface area (Å²) in [5.74, 6) is 0.867. The van der Waals surface area contributed by atoms with Gasteiger partial charge in [-0.25, -0.2) is 8.42 Å². The molecule has 22 heavy (non-hydrogen) atoms. The van der Waals surface area contributed by atoms with Crippen LogP contribution in [0.3, 0.4) is 0 Å². The summed E-state index contributed by atoms with van der Waals surface area (Å²) in [5, 5.41) is 0. The highest BCUT2D eigenvalue weighted by Gasteiger charge is 2.37. The molecule has 1 aromatic carbocycles. The predicted octanol–water partition coefficient (Wildman–Crippen LogP) is 1.07. The molecule has 1 aromatic rings. The van der Waals surface area contributed by atoms with Crippen LogP contribution in [0.2, 0.25) is 0 Å². The van der Waals surface area contributed by atoms with Gasteiger partial charge < -0.3 is 15.2 Å². The third-order valence-corrected chi connectivity index (χ3v) is 5.92. The summed E-state index contributed by atoms with van der Waals surface area (Å²) in [6, 6.07) is 6.49. The van der Waals surface area contributed by atoms with Crippen LogP contribution in [0.25, 0.3) is 0 Å². The lowest BCUT2D eigenvalue weighted by Crippen LogP contribution is -2.34. The van der Waals surface area contributed by atoms with Crippen LogP contribution in [0.15, 0.2) is 29.2 Å². The zero-order valence-corrected chi connectivity index (χ0v) is 13.9. The highest BCUT2D eigenvalue weighted by Crippen LogP contribution is 2.29. The normalized spacial score (nSPS) is 22.9. The number of hydrogen-bond acceptors (Lipinski definition) is 5. The van der Waals surface area contributed by atoms with E-state index in [9.17, 15) is 8.42 Å². The van der Waals surface area contributed by atoms with E-state index < -0.39 is 10.0 Å². The molecule has 0 spiro atoms. The first-order valence-corrected chi connectivity index (χ1v) is 8.86. The van der Waals surface area contributed by atoms with Crippen LogP contribution < -0.4 is 10.5 Å². The van der Waals surface area contributed by atoms with Crippen LogP contribution in [-0.2, 0) is 14.8 Å². The number of methoxy groups -OCH3 is 1. The lowest BCUT2D eigenvalue weighted by Gasteiger charge is -2.21. The Bertz CT molecular complexity index is 574. The van der Waals surface area contributed by atoms with E-state index in [1.54, 1.807) is 35.7 Å². The van der Waals surface area contributed by atoms with Crippen LogP contribution in [0.4, 0.5) is 0 Å². The average Bonchev–Trinajstić information content (AvgIpc) is 2.90. The SMILES string of the molecule is COCCOc1ccc(S(=O)(=O)N2CC(CN)CC2C)cc1. The molecule has 1 heterocycles. The maximum absolute atomic E-state index is 12.7. The Morgan fingerprint density at radius 2 is 1.95 bits per heavy atom. The third kappa shape index (κ3) is 3.78. The van der Waals surface area contributed by atoms with Crippen molar-refractivity contribution in [2.75, 3.05) is 33.4 Å². The first-order valence-electron chi connectivity index (χ1n) is 7.42. The van der Waals surface area contributed by atoms with E-state index in [2.05, 4.69) is 0 Å². The monoisotopic (exact) mass is 328 g/mol. The second kappa shape index (κ2) is 7.41. The van der Waals surface area contributed by atoms with E-state index in [0.717, 1.165) is 6.42 Å². The third-order valence-electron chi connectivity index (χ3n) is 3.92. The summed E-state index contributed by atoms with van der Waals surface area (Å²) in [6.07, 6.45) is 0.813. The Morgan fingerprint density at radius 1 is 1.27 bits per heavy atom. The van der Waals surface area contributed by atoms with Crippen molar-refractivity contribution in [2.24, 2.45) is 11.7 Å². The molecule has 2 rings (SSSR count). The lowest BCUT2D eigenvalue weighted by molar-refractivity contribution is 0.146. The second-order valence-electron chi connectivity index (χ2n) is 5.57. The average molecular weight is 328 g/mol. The van der Waals surface area contributed by atoms with Gasteiger partial charge in [0, 0.05) is 19.7 Å². The molecule has 0 amide bonds. The number of rotatable bonds is 7. The summed E-state index contributed by atoms with van der Waals surface area (Å²) in [6.45, 7) is 3.86. The molecular formula is C15H24N2O4S. The maximum Gasteiger partial charge on any atom is 0.243 e. The Kier molecular flexibility index (Phi) is 5.80. The molecule has 1 aliphatic heterocycles. The molecule has 124 valence electrons. The molecule has 1 aliphatic rings. The molecule has 2 N–H and O–H groups in total. The standard InChI is InChI=1S/C15H24N2O4S/c1-12-9-13(10-16)11-17(12)22(18,19)15-5-3-14(4-6-15)21-8-7-20-2/h3-6,12-13H,7-11,16H2,1-2H3. The van der Waals surface area contributed by atoms with E-state index >= 15 is 0 Å². The summed E-state index contributed by atoms with van der Waals surface area (Å²) in [5.41, 5.74) is 5.67. The highest BCUT2D eigenvalue weighted by atomic mass is 32.2. The minimum absolute atomic E-state index is 0.0174. The number of hydrogen-bond donors (Lipinski definition) is 1. The highest BCUT2D eigenvalue weighted by molar-refractivity contribution is 7.89.